The summed E-state index contributed by atoms with van der Waals surface area (Å²) in [6.07, 6.45) is 1.67. The molecule has 0 amide bonds. The maximum absolute atomic E-state index is 11.6. The first-order valence-electron chi connectivity index (χ1n) is 5.01. The molecule has 0 radical (unpaired) electrons. The van der Waals surface area contributed by atoms with Gasteiger partial charge in [-0.05, 0) is 33.1 Å². The first-order valence-corrected chi connectivity index (χ1v) is 7.20. The van der Waals surface area contributed by atoms with Gasteiger partial charge in [0.2, 0.25) is 10.0 Å². The van der Waals surface area contributed by atoms with Crippen molar-refractivity contribution in [2.45, 2.75) is 38.6 Å². The van der Waals surface area contributed by atoms with Crippen molar-refractivity contribution >= 4 is 21.6 Å². The van der Waals surface area contributed by atoms with Crippen LogP contribution in [0, 0.1) is 0 Å². The van der Waals surface area contributed by atoms with Gasteiger partial charge in [-0.15, -0.1) is 11.6 Å². The second kappa shape index (κ2) is 6.68. The molecule has 0 saturated heterocycles. The zero-order valence-electron chi connectivity index (χ0n) is 9.29. The number of alkyl halides is 1. The van der Waals surface area contributed by atoms with E-state index < -0.39 is 15.6 Å². The average molecular weight is 258 g/mol. The van der Waals surface area contributed by atoms with Crippen LogP contribution < -0.4 is 4.72 Å². The Morgan fingerprint density at radius 2 is 1.93 bits per heavy atom. The smallest absolute Gasteiger partial charge is 0.212 e. The van der Waals surface area contributed by atoms with Crippen LogP contribution in [-0.4, -0.2) is 37.3 Å². The van der Waals surface area contributed by atoms with E-state index in [-0.39, 0.29) is 12.4 Å². The molecule has 0 unspecified atom stereocenters. The van der Waals surface area contributed by atoms with E-state index in [1.807, 2.05) is 0 Å². The number of sulfonamides is 1. The van der Waals surface area contributed by atoms with Gasteiger partial charge in [-0.25, -0.2) is 13.1 Å². The van der Waals surface area contributed by atoms with E-state index in [2.05, 4.69) is 4.72 Å². The summed E-state index contributed by atoms with van der Waals surface area (Å²) in [5.74, 6) is 0.574. The van der Waals surface area contributed by atoms with Gasteiger partial charge in [-0.3, -0.25) is 0 Å². The molecule has 0 aromatic carbocycles. The predicted octanol–water partition coefficient (Wildman–Crippen LogP) is 1.09. The molecule has 15 heavy (non-hydrogen) atoms. The van der Waals surface area contributed by atoms with Gasteiger partial charge >= 0.3 is 0 Å². The topological polar surface area (TPSA) is 66.4 Å². The molecule has 0 aliphatic carbocycles. The number of aliphatic hydroxyl groups is 1. The fraction of sp³-hybridized carbons (Fsp3) is 1.00. The average Bonchev–Trinajstić information content (AvgIpc) is 2.01. The Morgan fingerprint density at radius 1 is 1.33 bits per heavy atom. The van der Waals surface area contributed by atoms with E-state index in [1.165, 1.54) is 0 Å². The third-order valence-corrected chi connectivity index (χ3v) is 3.92. The molecule has 0 saturated carbocycles. The van der Waals surface area contributed by atoms with Gasteiger partial charge in [0.05, 0.1) is 5.75 Å². The highest BCUT2D eigenvalue weighted by Gasteiger charge is 2.23. The van der Waals surface area contributed by atoms with Crippen LogP contribution in [0.15, 0.2) is 0 Å². The summed E-state index contributed by atoms with van der Waals surface area (Å²) in [5.41, 5.74) is -0.589. The van der Waals surface area contributed by atoms with Gasteiger partial charge in [-0.1, -0.05) is 0 Å². The Hall–Kier alpha value is 0.160. The molecule has 0 aliphatic rings. The fourth-order valence-electron chi connectivity index (χ4n) is 1.19. The Balaban J connectivity index is 4.13. The largest absolute Gasteiger partial charge is 0.396 e. The van der Waals surface area contributed by atoms with Crippen LogP contribution in [0.2, 0.25) is 0 Å². The maximum atomic E-state index is 11.6. The van der Waals surface area contributed by atoms with E-state index in [0.717, 1.165) is 0 Å². The van der Waals surface area contributed by atoms with Crippen molar-refractivity contribution in [3.63, 3.8) is 0 Å². The standard InChI is InChI=1S/C9H20ClNO3S/c1-9(2,5-7-12)11-15(13,14)8-4-3-6-10/h11-12H,3-8H2,1-2H3. The molecular weight excluding hydrogens is 238 g/mol. The lowest BCUT2D eigenvalue weighted by Gasteiger charge is -2.24. The van der Waals surface area contributed by atoms with E-state index in [0.29, 0.717) is 25.1 Å². The van der Waals surface area contributed by atoms with Gasteiger partial charge < -0.3 is 5.11 Å². The van der Waals surface area contributed by atoms with Crippen LogP contribution >= 0.6 is 11.6 Å². The molecule has 0 spiro atoms. The van der Waals surface area contributed by atoms with Gasteiger partial charge in [0.25, 0.3) is 0 Å². The summed E-state index contributed by atoms with van der Waals surface area (Å²) >= 11 is 5.46. The molecule has 0 aromatic rings. The highest BCUT2D eigenvalue weighted by Crippen LogP contribution is 2.10. The summed E-state index contributed by atoms with van der Waals surface area (Å²) in [6, 6.07) is 0. The van der Waals surface area contributed by atoms with Crippen molar-refractivity contribution < 1.29 is 13.5 Å². The molecule has 92 valence electrons. The molecule has 0 heterocycles. The second-order valence-electron chi connectivity index (χ2n) is 4.17. The van der Waals surface area contributed by atoms with Crippen LogP contribution in [0.25, 0.3) is 0 Å². The van der Waals surface area contributed by atoms with Crippen molar-refractivity contribution in [1.82, 2.24) is 4.72 Å². The lowest BCUT2D eigenvalue weighted by atomic mass is 10.0. The maximum Gasteiger partial charge on any atom is 0.212 e. The number of hydrogen-bond donors (Lipinski definition) is 2. The molecule has 4 nitrogen and oxygen atoms in total. The summed E-state index contributed by atoms with van der Waals surface area (Å²) < 4.78 is 25.7. The van der Waals surface area contributed by atoms with Crippen LogP contribution in [0.1, 0.15) is 33.1 Å². The summed E-state index contributed by atoms with van der Waals surface area (Å²) in [7, 11) is -3.25. The molecule has 0 atom stereocenters. The highest BCUT2D eigenvalue weighted by atomic mass is 35.5. The molecule has 2 N–H and O–H groups in total. The zero-order valence-corrected chi connectivity index (χ0v) is 10.9. The minimum Gasteiger partial charge on any atom is -0.396 e. The Morgan fingerprint density at radius 3 is 2.40 bits per heavy atom. The van der Waals surface area contributed by atoms with E-state index >= 15 is 0 Å². The molecular formula is C9H20ClNO3S. The highest BCUT2D eigenvalue weighted by molar-refractivity contribution is 7.89. The van der Waals surface area contributed by atoms with Gasteiger partial charge in [-0.2, -0.15) is 0 Å². The molecule has 0 aliphatic heterocycles. The van der Waals surface area contributed by atoms with E-state index in [1.54, 1.807) is 13.8 Å². The van der Waals surface area contributed by atoms with Crippen molar-refractivity contribution in [1.29, 1.82) is 0 Å². The number of rotatable bonds is 8. The Labute approximate surface area is 97.1 Å². The minimum atomic E-state index is -3.25. The Kier molecular flexibility index (Phi) is 6.75. The molecule has 0 aromatic heterocycles. The number of nitrogens with one attached hydrogen (secondary N) is 1. The van der Waals surface area contributed by atoms with E-state index in [9.17, 15) is 8.42 Å². The van der Waals surface area contributed by atoms with Gasteiger partial charge in [0.15, 0.2) is 0 Å². The van der Waals surface area contributed by atoms with E-state index in [4.69, 9.17) is 16.7 Å². The van der Waals surface area contributed by atoms with Crippen LogP contribution in [0.4, 0.5) is 0 Å². The molecule has 0 bridgehead atoms. The van der Waals surface area contributed by atoms with Crippen LogP contribution in [0.3, 0.4) is 0 Å². The fourth-order valence-corrected chi connectivity index (χ4v) is 3.01. The van der Waals surface area contributed by atoms with Gasteiger partial charge in [0.1, 0.15) is 0 Å². The van der Waals surface area contributed by atoms with Crippen molar-refractivity contribution in [3.05, 3.63) is 0 Å². The van der Waals surface area contributed by atoms with Crippen LogP contribution in [0.5, 0.6) is 0 Å². The second-order valence-corrected chi connectivity index (χ2v) is 6.39. The number of aliphatic hydroxyl groups excluding tert-OH is 1. The Bertz CT molecular complexity index is 265. The van der Waals surface area contributed by atoms with Crippen molar-refractivity contribution in [2.24, 2.45) is 0 Å². The summed E-state index contributed by atoms with van der Waals surface area (Å²) in [4.78, 5) is 0. The lowest BCUT2D eigenvalue weighted by Crippen LogP contribution is -2.44. The third kappa shape index (κ3) is 8.02. The quantitative estimate of drug-likeness (QED) is 0.505. The zero-order chi connectivity index (χ0) is 11.9. The molecule has 0 rings (SSSR count). The minimum absolute atomic E-state index is 0.0306. The number of hydrogen-bond acceptors (Lipinski definition) is 3. The first-order chi connectivity index (χ1) is 6.83. The normalized spacial score (nSPS) is 13.1. The lowest BCUT2D eigenvalue weighted by molar-refractivity contribution is 0.245. The third-order valence-electron chi connectivity index (χ3n) is 1.97. The molecule has 6 heteroatoms. The SMILES string of the molecule is CC(C)(CCO)NS(=O)(=O)CCCCCl. The van der Waals surface area contributed by atoms with Crippen molar-refractivity contribution in [3.8, 4) is 0 Å². The monoisotopic (exact) mass is 257 g/mol. The summed E-state index contributed by atoms with van der Waals surface area (Å²) in [5, 5.41) is 8.76. The summed E-state index contributed by atoms with van der Waals surface area (Å²) in [6.45, 7) is 3.47. The van der Waals surface area contributed by atoms with Gasteiger partial charge in [0, 0.05) is 18.0 Å². The number of unbranched alkanes of at least 4 members (excludes halogenated alkanes) is 1. The first kappa shape index (κ1) is 15.2. The molecule has 0 fully saturated rings. The predicted molar refractivity (Wildman–Crippen MR) is 62.7 cm³/mol. The number of halogens is 1. The van der Waals surface area contributed by atoms with Crippen LogP contribution in [-0.2, 0) is 10.0 Å². The van der Waals surface area contributed by atoms with Crippen molar-refractivity contribution in [2.75, 3.05) is 18.2 Å².